The van der Waals surface area contributed by atoms with Crippen LogP contribution in [0.1, 0.15) is 0 Å². The lowest BCUT2D eigenvalue weighted by molar-refractivity contribution is 0.328. The van der Waals surface area contributed by atoms with Crippen molar-refractivity contribution in [2.75, 3.05) is 25.6 Å². The number of halogens is 1. The molecule has 0 saturated heterocycles. The lowest BCUT2D eigenvalue weighted by Gasteiger charge is -2.09. The van der Waals surface area contributed by atoms with Crippen molar-refractivity contribution in [1.82, 2.24) is 9.97 Å². The van der Waals surface area contributed by atoms with E-state index in [1.807, 2.05) is 24.3 Å². The molecule has 1 aromatic heterocycles. The molecule has 3 N–H and O–H groups in total. The van der Waals surface area contributed by atoms with Gasteiger partial charge in [-0.1, -0.05) is 11.6 Å². The molecule has 0 atom stereocenters. The summed E-state index contributed by atoms with van der Waals surface area (Å²) in [5, 5.41) is 3.50. The Kier molecular flexibility index (Phi) is 4.97. The molecule has 2 aromatic rings. The number of hydrogen-bond donors (Lipinski definition) is 2. The predicted octanol–water partition coefficient (Wildman–Crippen LogP) is 2.22. The molecular weight excluding hydrogens is 280 g/mol. The van der Waals surface area contributed by atoms with Gasteiger partial charge in [0.15, 0.2) is 5.82 Å². The van der Waals surface area contributed by atoms with Crippen LogP contribution in [-0.2, 0) is 0 Å². The van der Waals surface area contributed by atoms with Gasteiger partial charge in [-0.05, 0) is 24.3 Å². The van der Waals surface area contributed by atoms with Crippen molar-refractivity contribution < 1.29 is 9.47 Å². The number of rotatable bonds is 6. The van der Waals surface area contributed by atoms with E-state index < -0.39 is 0 Å². The number of benzene rings is 1. The minimum Gasteiger partial charge on any atom is -0.492 e. The van der Waals surface area contributed by atoms with Gasteiger partial charge in [0.05, 0.1) is 13.3 Å². The van der Waals surface area contributed by atoms with Crippen LogP contribution in [0, 0.1) is 0 Å². The molecule has 0 saturated carbocycles. The molecule has 0 aliphatic carbocycles. The Morgan fingerprint density at radius 1 is 1.30 bits per heavy atom. The Morgan fingerprint density at radius 3 is 2.70 bits per heavy atom. The zero-order valence-electron chi connectivity index (χ0n) is 11.0. The second-order valence-corrected chi connectivity index (χ2v) is 4.25. The molecule has 1 heterocycles. The highest BCUT2D eigenvalue weighted by atomic mass is 35.5. The SMILES string of the molecule is COc1ncc(Cl)c(Nc2ccc(OCCN)cc2)n1. The maximum Gasteiger partial charge on any atom is 0.318 e. The summed E-state index contributed by atoms with van der Waals surface area (Å²) in [5.41, 5.74) is 6.20. The number of nitrogens with zero attached hydrogens (tertiary/aromatic N) is 2. The van der Waals surface area contributed by atoms with E-state index >= 15 is 0 Å². The largest absolute Gasteiger partial charge is 0.492 e. The highest BCUT2D eigenvalue weighted by Crippen LogP contribution is 2.25. The summed E-state index contributed by atoms with van der Waals surface area (Å²) in [7, 11) is 1.50. The zero-order chi connectivity index (χ0) is 14.4. The third-order valence-corrected chi connectivity index (χ3v) is 2.68. The summed E-state index contributed by atoms with van der Waals surface area (Å²) in [5.74, 6) is 1.24. The predicted molar refractivity (Wildman–Crippen MR) is 77.9 cm³/mol. The lowest BCUT2D eigenvalue weighted by atomic mass is 10.3. The molecule has 0 bridgehead atoms. The van der Waals surface area contributed by atoms with E-state index in [-0.39, 0.29) is 6.01 Å². The fraction of sp³-hybridized carbons (Fsp3) is 0.231. The first kappa shape index (κ1) is 14.4. The van der Waals surface area contributed by atoms with Gasteiger partial charge in [0.25, 0.3) is 0 Å². The highest BCUT2D eigenvalue weighted by molar-refractivity contribution is 6.32. The number of nitrogens with two attached hydrogens (primary N) is 1. The van der Waals surface area contributed by atoms with Crippen LogP contribution >= 0.6 is 11.6 Å². The van der Waals surface area contributed by atoms with Crippen molar-refractivity contribution in [3.63, 3.8) is 0 Å². The summed E-state index contributed by atoms with van der Waals surface area (Å²) < 4.78 is 10.4. The first-order chi connectivity index (χ1) is 9.72. The normalized spacial score (nSPS) is 10.2. The number of ether oxygens (including phenoxy) is 2. The topological polar surface area (TPSA) is 82.3 Å². The van der Waals surface area contributed by atoms with Crippen LogP contribution in [-0.4, -0.2) is 30.2 Å². The fourth-order valence-corrected chi connectivity index (χ4v) is 1.62. The average Bonchev–Trinajstić information content (AvgIpc) is 2.49. The van der Waals surface area contributed by atoms with Crippen LogP contribution in [0.4, 0.5) is 11.5 Å². The van der Waals surface area contributed by atoms with Gasteiger partial charge >= 0.3 is 6.01 Å². The third kappa shape index (κ3) is 3.72. The molecule has 6 nitrogen and oxygen atoms in total. The van der Waals surface area contributed by atoms with Gasteiger partial charge in [-0.2, -0.15) is 4.98 Å². The molecular formula is C13H15ClN4O2. The van der Waals surface area contributed by atoms with Crippen LogP contribution in [0.2, 0.25) is 5.02 Å². The Bertz CT molecular complexity index is 563. The van der Waals surface area contributed by atoms with Crippen molar-refractivity contribution in [2.45, 2.75) is 0 Å². The quantitative estimate of drug-likeness (QED) is 0.850. The number of hydrogen-bond acceptors (Lipinski definition) is 6. The molecule has 2 rings (SSSR count). The van der Waals surface area contributed by atoms with Crippen LogP contribution in [0.5, 0.6) is 11.8 Å². The Hall–Kier alpha value is -2.05. The van der Waals surface area contributed by atoms with Gasteiger partial charge in [-0.3, -0.25) is 0 Å². The molecule has 0 radical (unpaired) electrons. The highest BCUT2D eigenvalue weighted by Gasteiger charge is 2.06. The Labute approximate surface area is 121 Å². The van der Waals surface area contributed by atoms with Gasteiger partial charge in [-0.15, -0.1) is 0 Å². The maximum atomic E-state index is 6.02. The maximum absolute atomic E-state index is 6.02. The van der Waals surface area contributed by atoms with Gasteiger partial charge in [-0.25, -0.2) is 4.98 Å². The Balaban J connectivity index is 2.09. The molecule has 20 heavy (non-hydrogen) atoms. The lowest BCUT2D eigenvalue weighted by Crippen LogP contribution is -2.10. The van der Waals surface area contributed by atoms with E-state index in [1.54, 1.807) is 0 Å². The minimum absolute atomic E-state index is 0.250. The van der Waals surface area contributed by atoms with Crippen molar-refractivity contribution >= 4 is 23.1 Å². The zero-order valence-corrected chi connectivity index (χ0v) is 11.7. The first-order valence-electron chi connectivity index (χ1n) is 5.99. The molecule has 7 heteroatoms. The van der Waals surface area contributed by atoms with E-state index in [1.165, 1.54) is 13.3 Å². The molecule has 0 amide bonds. The number of aromatic nitrogens is 2. The summed E-state index contributed by atoms with van der Waals surface area (Å²) >= 11 is 6.02. The van der Waals surface area contributed by atoms with E-state index in [4.69, 9.17) is 26.8 Å². The van der Waals surface area contributed by atoms with Gasteiger partial charge < -0.3 is 20.5 Å². The molecule has 0 spiro atoms. The smallest absolute Gasteiger partial charge is 0.318 e. The minimum atomic E-state index is 0.250. The molecule has 1 aromatic carbocycles. The molecule has 0 fully saturated rings. The molecule has 0 aliphatic rings. The molecule has 0 aliphatic heterocycles. The van der Waals surface area contributed by atoms with Crippen molar-refractivity contribution in [1.29, 1.82) is 0 Å². The van der Waals surface area contributed by atoms with Gasteiger partial charge in [0.2, 0.25) is 0 Å². The summed E-state index contributed by atoms with van der Waals surface area (Å²) in [6.45, 7) is 0.970. The van der Waals surface area contributed by atoms with E-state index in [0.717, 1.165) is 11.4 Å². The van der Waals surface area contributed by atoms with Crippen LogP contribution in [0.15, 0.2) is 30.5 Å². The first-order valence-corrected chi connectivity index (χ1v) is 6.37. The molecule has 106 valence electrons. The van der Waals surface area contributed by atoms with Crippen LogP contribution < -0.4 is 20.5 Å². The van der Waals surface area contributed by atoms with Crippen molar-refractivity contribution in [3.8, 4) is 11.8 Å². The van der Waals surface area contributed by atoms with E-state index in [9.17, 15) is 0 Å². The molecule has 0 unspecified atom stereocenters. The average molecular weight is 295 g/mol. The Morgan fingerprint density at radius 2 is 2.05 bits per heavy atom. The standard InChI is InChI=1S/C13H15ClN4O2/c1-19-13-16-8-11(14)12(18-13)17-9-2-4-10(5-3-9)20-7-6-15/h2-5,8H,6-7,15H2,1H3,(H,16,17,18). The second kappa shape index (κ2) is 6.93. The second-order valence-electron chi connectivity index (χ2n) is 3.84. The van der Waals surface area contributed by atoms with Crippen LogP contribution in [0.3, 0.4) is 0 Å². The van der Waals surface area contributed by atoms with Gasteiger partial charge in [0, 0.05) is 12.2 Å². The third-order valence-electron chi connectivity index (χ3n) is 2.41. The van der Waals surface area contributed by atoms with Gasteiger partial charge in [0.1, 0.15) is 17.4 Å². The number of methoxy groups -OCH3 is 1. The summed E-state index contributed by atoms with van der Waals surface area (Å²) in [4.78, 5) is 8.04. The fourth-order valence-electron chi connectivity index (χ4n) is 1.48. The summed E-state index contributed by atoms with van der Waals surface area (Å²) in [6, 6.07) is 7.64. The number of anilines is 2. The summed E-state index contributed by atoms with van der Waals surface area (Å²) in [6.07, 6.45) is 1.48. The van der Waals surface area contributed by atoms with E-state index in [0.29, 0.717) is 24.0 Å². The van der Waals surface area contributed by atoms with Crippen molar-refractivity contribution in [3.05, 3.63) is 35.5 Å². The van der Waals surface area contributed by atoms with E-state index in [2.05, 4.69) is 15.3 Å². The van der Waals surface area contributed by atoms with Crippen LogP contribution in [0.25, 0.3) is 0 Å². The van der Waals surface area contributed by atoms with Crippen molar-refractivity contribution in [2.24, 2.45) is 5.73 Å². The number of nitrogens with one attached hydrogen (secondary N) is 1. The monoisotopic (exact) mass is 294 g/mol.